The molecule has 0 heterocycles. The molecule has 0 radical (unpaired) electrons. The number of rotatable bonds is 4. The summed E-state index contributed by atoms with van der Waals surface area (Å²) < 4.78 is 1.06. The summed E-state index contributed by atoms with van der Waals surface area (Å²) in [6.45, 7) is 4.61. The van der Waals surface area contributed by atoms with Crippen LogP contribution in [0, 0.1) is 12.8 Å². The molecular formula is C16H23BrN2O. The van der Waals surface area contributed by atoms with E-state index in [-0.39, 0.29) is 5.91 Å². The van der Waals surface area contributed by atoms with E-state index in [0.717, 1.165) is 22.1 Å². The second kappa shape index (κ2) is 7.11. The minimum absolute atomic E-state index is 0.0890. The lowest BCUT2D eigenvalue weighted by Gasteiger charge is -2.29. The van der Waals surface area contributed by atoms with Gasteiger partial charge >= 0.3 is 0 Å². The Kier molecular flexibility index (Phi) is 5.46. The fraction of sp³-hybridized carbons (Fsp3) is 0.562. The Morgan fingerprint density at radius 1 is 1.35 bits per heavy atom. The smallest absolute Gasteiger partial charge is 0.239 e. The second-order valence-electron chi connectivity index (χ2n) is 5.75. The van der Waals surface area contributed by atoms with Crippen molar-refractivity contribution in [2.45, 2.75) is 45.6 Å². The highest BCUT2D eigenvalue weighted by molar-refractivity contribution is 9.10. The van der Waals surface area contributed by atoms with Crippen molar-refractivity contribution in [2.24, 2.45) is 5.92 Å². The van der Waals surface area contributed by atoms with Crippen LogP contribution >= 0.6 is 15.9 Å². The fourth-order valence-corrected chi connectivity index (χ4v) is 3.26. The average molecular weight is 339 g/mol. The highest BCUT2D eigenvalue weighted by atomic mass is 79.9. The number of carbonyl (C=O) groups excluding carboxylic acids is 1. The normalized spacial score (nSPS) is 22.4. The van der Waals surface area contributed by atoms with Crippen molar-refractivity contribution in [3.05, 3.63) is 28.2 Å². The number of hydrogen-bond donors (Lipinski definition) is 2. The third-order valence-corrected chi connectivity index (χ3v) is 4.58. The lowest BCUT2D eigenvalue weighted by molar-refractivity contribution is -0.120. The molecule has 2 N–H and O–H groups in total. The average Bonchev–Trinajstić information content (AvgIpc) is 2.40. The van der Waals surface area contributed by atoms with Gasteiger partial charge in [0.05, 0.1) is 6.54 Å². The molecule has 1 aromatic rings. The summed E-state index contributed by atoms with van der Waals surface area (Å²) in [7, 11) is 0. The molecule has 0 aliphatic heterocycles. The summed E-state index contributed by atoms with van der Waals surface area (Å²) >= 11 is 3.44. The van der Waals surface area contributed by atoms with Crippen molar-refractivity contribution >= 4 is 27.5 Å². The van der Waals surface area contributed by atoms with E-state index in [2.05, 4.69) is 33.5 Å². The Morgan fingerprint density at radius 2 is 2.10 bits per heavy atom. The summed E-state index contributed by atoms with van der Waals surface area (Å²) in [6, 6.07) is 6.37. The molecule has 4 heteroatoms. The van der Waals surface area contributed by atoms with Crippen molar-refractivity contribution in [2.75, 3.05) is 11.9 Å². The number of amides is 1. The molecule has 1 saturated carbocycles. The van der Waals surface area contributed by atoms with E-state index in [1.54, 1.807) is 0 Å². The number of carbonyl (C=O) groups is 1. The Hall–Kier alpha value is -1.03. The van der Waals surface area contributed by atoms with Crippen LogP contribution in [0.1, 0.15) is 38.2 Å². The maximum Gasteiger partial charge on any atom is 0.239 e. The number of nitrogens with one attached hydrogen (secondary N) is 2. The predicted octanol–water partition coefficient (Wildman–Crippen LogP) is 3.86. The lowest BCUT2D eigenvalue weighted by atomic mass is 9.86. The summed E-state index contributed by atoms with van der Waals surface area (Å²) in [5.74, 6) is 0.688. The molecule has 0 saturated heterocycles. The van der Waals surface area contributed by atoms with E-state index < -0.39 is 0 Å². The summed E-state index contributed by atoms with van der Waals surface area (Å²) in [6.07, 6.45) is 4.87. The predicted molar refractivity (Wildman–Crippen MR) is 86.9 cm³/mol. The molecule has 1 aliphatic rings. The van der Waals surface area contributed by atoms with Gasteiger partial charge in [0.15, 0.2) is 0 Å². The zero-order chi connectivity index (χ0) is 14.5. The fourth-order valence-electron chi connectivity index (χ4n) is 2.79. The van der Waals surface area contributed by atoms with Crippen LogP contribution in [0.25, 0.3) is 0 Å². The molecule has 1 fully saturated rings. The minimum atomic E-state index is 0.0890. The molecular weight excluding hydrogens is 316 g/mol. The molecule has 2 unspecified atom stereocenters. The van der Waals surface area contributed by atoms with Gasteiger partial charge in [0.1, 0.15) is 0 Å². The zero-order valence-corrected chi connectivity index (χ0v) is 13.8. The summed E-state index contributed by atoms with van der Waals surface area (Å²) in [5.41, 5.74) is 2.15. The molecule has 2 rings (SSSR count). The number of halogens is 1. The number of benzene rings is 1. The maximum absolute atomic E-state index is 12.0. The van der Waals surface area contributed by atoms with Crippen LogP contribution in [0.4, 0.5) is 5.69 Å². The van der Waals surface area contributed by atoms with E-state index in [1.165, 1.54) is 19.3 Å². The largest absolute Gasteiger partial charge is 0.376 e. The molecule has 0 spiro atoms. The van der Waals surface area contributed by atoms with Gasteiger partial charge in [-0.25, -0.2) is 0 Å². The quantitative estimate of drug-likeness (QED) is 0.874. The van der Waals surface area contributed by atoms with Crippen molar-refractivity contribution in [1.29, 1.82) is 0 Å². The SMILES string of the molecule is Cc1cc(Br)ccc1NCC(=O)NC1CCCCC1C. The van der Waals surface area contributed by atoms with E-state index in [4.69, 9.17) is 0 Å². The van der Waals surface area contributed by atoms with Gasteiger partial charge in [-0.3, -0.25) is 4.79 Å². The monoisotopic (exact) mass is 338 g/mol. The summed E-state index contributed by atoms with van der Waals surface area (Å²) in [4.78, 5) is 12.0. The van der Waals surface area contributed by atoms with Crippen LogP contribution in [0.15, 0.2) is 22.7 Å². The van der Waals surface area contributed by atoms with Gasteiger partial charge in [-0.05, 0) is 49.4 Å². The molecule has 20 heavy (non-hydrogen) atoms. The van der Waals surface area contributed by atoms with Crippen molar-refractivity contribution in [3.8, 4) is 0 Å². The van der Waals surface area contributed by atoms with Gasteiger partial charge < -0.3 is 10.6 Å². The molecule has 110 valence electrons. The van der Waals surface area contributed by atoms with E-state index in [9.17, 15) is 4.79 Å². The minimum Gasteiger partial charge on any atom is -0.376 e. The molecule has 1 aromatic carbocycles. The first-order valence-electron chi connectivity index (χ1n) is 7.35. The highest BCUT2D eigenvalue weighted by Crippen LogP contribution is 2.23. The second-order valence-corrected chi connectivity index (χ2v) is 6.66. The highest BCUT2D eigenvalue weighted by Gasteiger charge is 2.22. The van der Waals surface area contributed by atoms with E-state index in [1.807, 2.05) is 25.1 Å². The molecule has 0 aromatic heterocycles. The van der Waals surface area contributed by atoms with Crippen LogP contribution in [-0.4, -0.2) is 18.5 Å². The van der Waals surface area contributed by atoms with Crippen molar-refractivity contribution in [1.82, 2.24) is 5.32 Å². The van der Waals surface area contributed by atoms with Crippen molar-refractivity contribution < 1.29 is 4.79 Å². The van der Waals surface area contributed by atoms with Gasteiger partial charge in [-0.15, -0.1) is 0 Å². The third kappa shape index (κ3) is 4.23. The van der Waals surface area contributed by atoms with Crippen LogP contribution < -0.4 is 10.6 Å². The molecule has 0 bridgehead atoms. The number of anilines is 1. The molecule has 3 nitrogen and oxygen atoms in total. The first-order chi connectivity index (χ1) is 9.56. The van der Waals surface area contributed by atoms with Crippen LogP contribution in [0.3, 0.4) is 0 Å². The topological polar surface area (TPSA) is 41.1 Å². The van der Waals surface area contributed by atoms with Gasteiger partial charge in [0.2, 0.25) is 5.91 Å². The van der Waals surface area contributed by atoms with Crippen LogP contribution in [0.5, 0.6) is 0 Å². The zero-order valence-electron chi connectivity index (χ0n) is 12.2. The van der Waals surface area contributed by atoms with Crippen molar-refractivity contribution in [3.63, 3.8) is 0 Å². The Labute approximate surface area is 129 Å². The number of aryl methyl sites for hydroxylation is 1. The Balaban J connectivity index is 1.82. The first kappa shape index (κ1) is 15.4. The van der Waals surface area contributed by atoms with Crippen LogP contribution in [-0.2, 0) is 4.79 Å². The van der Waals surface area contributed by atoms with E-state index >= 15 is 0 Å². The lowest BCUT2D eigenvalue weighted by Crippen LogP contribution is -2.43. The number of hydrogen-bond acceptors (Lipinski definition) is 2. The standard InChI is InChI=1S/C16H23BrN2O/c1-11-5-3-4-6-15(11)19-16(20)10-18-14-8-7-13(17)9-12(14)2/h7-9,11,15,18H,3-6,10H2,1-2H3,(H,19,20). The molecule has 1 aliphatic carbocycles. The first-order valence-corrected chi connectivity index (χ1v) is 8.15. The van der Waals surface area contributed by atoms with E-state index in [0.29, 0.717) is 18.5 Å². The Morgan fingerprint density at radius 3 is 2.80 bits per heavy atom. The summed E-state index contributed by atoms with van der Waals surface area (Å²) in [5, 5.41) is 6.37. The third-order valence-electron chi connectivity index (χ3n) is 4.09. The maximum atomic E-state index is 12.0. The van der Waals surface area contributed by atoms with Crippen LogP contribution in [0.2, 0.25) is 0 Å². The molecule has 1 amide bonds. The van der Waals surface area contributed by atoms with Gasteiger partial charge in [-0.2, -0.15) is 0 Å². The molecule has 2 atom stereocenters. The van der Waals surface area contributed by atoms with Gasteiger partial charge in [0, 0.05) is 16.2 Å². The van der Waals surface area contributed by atoms with Gasteiger partial charge in [-0.1, -0.05) is 35.7 Å². The van der Waals surface area contributed by atoms with Gasteiger partial charge in [0.25, 0.3) is 0 Å². The Bertz CT molecular complexity index is 476.